The van der Waals surface area contributed by atoms with Crippen molar-refractivity contribution < 1.29 is 9.53 Å². The minimum Gasteiger partial charge on any atom is -0.459 e. The van der Waals surface area contributed by atoms with E-state index in [1.54, 1.807) is 6.08 Å². The van der Waals surface area contributed by atoms with Crippen molar-refractivity contribution >= 4 is 5.97 Å². The van der Waals surface area contributed by atoms with Crippen LogP contribution in [0.25, 0.3) is 0 Å². The number of hydrogen-bond donors (Lipinski definition) is 0. The SMILES string of the molecule is C/C=C/C(=O)OC1CCN(CCC)C(C)(C)C1(C)C. The Hall–Kier alpha value is -0.830. The van der Waals surface area contributed by atoms with Gasteiger partial charge >= 0.3 is 5.97 Å². The number of likely N-dealkylation sites (tertiary alicyclic amines) is 1. The van der Waals surface area contributed by atoms with Gasteiger partial charge < -0.3 is 4.74 Å². The maximum atomic E-state index is 11.7. The van der Waals surface area contributed by atoms with Crippen LogP contribution in [-0.2, 0) is 9.53 Å². The van der Waals surface area contributed by atoms with E-state index in [9.17, 15) is 4.79 Å². The summed E-state index contributed by atoms with van der Waals surface area (Å²) in [5.74, 6) is -0.222. The molecule has 1 atom stereocenters. The molecule has 1 aliphatic heterocycles. The molecule has 0 aromatic carbocycles. The lowest BCUT2D eigenvalue weighted by molar-refractivity contribution is -0.168. The number of hydrogen-bond acceptors (Lipinski definition) is 3. The number of nitrogens with zero attached hydrogens (tertiary/aromatic N) is 1. The summed E-state index contributed by atoms with van der Waals surface area (Å²) in [5, 5.41) is 0. The summed E-state index contributed by atoms with van der Waals surface area (Å²) in [4.78, 5) is 14.2. The first-order chi connectivity index (χ1) is 8.77. The lowest BCUT2D eigenvalue weighted by Crippen LogP contribution is -2.63. The zero-order valence-corrected chi connectivity index (χ0v) is 13.3. The summed E-state index contributed by atoms with van der Waals surface area (Å²) < 4.78 is 5.66. The van der Waals surface area contributed by atoms with E-state index >= 15 is 0 Å². The maximum absolute atomic E-state index is 11.7. The molecule has 3 heteroatoms. The zero-order valence-electron chi connectivity index (χ0n) is 13.3. The van der Waals surface area contributed by atoms with E-state index in [0.29, 0.717) is 0 Å². The molecule has 0 spiro atoms. The van der Waals surface area contributed by atoms with Gasteiger partial charge in [0.15, 0.2) is 0 Å². The lowest BCUT2D eigenvalue weighted by Gasteiger charge is -2.56. The summed E-state index contributed by atoms with van der Waals surface area (Å²) in [6, 6.07) is 0. The van der Waals surface area contributed by atoms with Crippen LogP contribution in [-0.4, -0.2) is 35.6 Å². The van der Waals surface area contributed by atoms with Gasteiger partial charge in [0.05, 0.1) is 0 Å². The molecule has 1 saturated heterocycles. The van der Waals surface area contributed by atoms with Gasteiger partial charge in [-0.1, -0.05) is 26.8 Å². The molecule has 1 heterocycles. The number of allylic oxidation sites excluding steroid dienone is 1. The van der Waals surface area contributed by atoms with Crippen LogP contribution in [0, 0.1) is 5.41 Å². The average molecular weight is 267 g/mol. The normalized spacial score (nSPS) is 26.5. The standard InChI is InChI=1S/C16H29NO2/c1-7-9-14(18)19-13-10-12-17(11-8-2)16(5,6)15(13,3)4/h7,9,13H,8,10-12H2,1-6H3/b9-7+. The fraction of sp³-hybridized carbons (Fsp3) is 0.812. The van der Waals surface area contributed by atoms with E-state index < -0.39 is 0 Å². The van der Waals surface area contributed by atoms with Crippen molar-refractivity contribution in [3.63, 3.8) is 0 Å². The third-order valence-corrected chi connectivity index (χ3v) is 4.89. The van der Waals surface area contributed by atoms with Crippen molar-refractivity contribution in [1.29, 1.82) is 0 Å². The number of rotatable bonds is 4. The van der Waals surface area contributed by atoms with Gasteiger partial charge in [0.2, 0.25) is 0 Å². The molecule has 0 saturated carbocycles. The van der Waals surface area contributed by atoms with Crippen molar-refractivity contribution in [3.8, 4) is 0 Å². The Bertz CT molecular complexity index is 345. The smallest absolute Gasteiger partial charge is 0.330 e. The predicted octanol–water partition coefficient (Wildman–Crippen LogP) is 3.39. The summed E-state index contributed by atoms with van der Waals surface area (Å²) in [5.41, 5.74) is -0.0280. The van der Waals surface area contributed by atoms with Gasteiger partial charge in [-0.15, -0.1) is 0 Å². The van der Waals surface area contributed by atoms with E-state index in [2.05, 4.69) is 39.5 Å². The second-order valence-corrected chi connectivity index (χ2v) is 6.48. The van der Waals surface area contributed by atoms with Crippen LogP contribution in [0.3, 0.4) is 0 Å². The summed E-state index contributed by atoms with van der Waals surface area (Å²) >= 11 is 0. The highest BCUT2D eigenvalue weighted by Crippen LogP contribution is 2.44. The van der Waals surface area contributed by atoms with Crippen molar-refractivity contribution in [3.05, 3.63) is 12.2 Å². The van der Waals surface area contributed by atoms with Gasteiger partial charge in [-0.05, 0) is 40.2 Å². The summed E-state index contributed by atoms with van der Waals surface area (Å²) in [6.45, 7) is 15.1. The molecule has 0 radical (unpaired) electrons. The van der Waals surface area contributed by atoms with E-state index in [4.69, 9.17) is 4.74 Å². The van der Waals surface area contributed by atoms with Crippen LogP contribution in [0.2, 0.25) is 0 Å². The molecular formula is C16H29NO2. The minimum absolute atomic E-state index is 0.0145. The number of esters is 1. The molecule has 0 N–H and O–H groups in total. The van der Waals surface area contributed by atoms with Gasteiger partial charge in [0.25, 0.3) is 0 Å². The molecule has 1 rings (SSSR count). The average Bonchev–Trinajstić information content (AvgIpc) is 2.30. The highest BCUT2D eigenvalue weighted by atomic mass is 16.5. The Labute approximate surface area is 118 Å². The molecular weight excluding hydrogens is 238 g/mol. The van der Waals surface area contributed by atoms with Crippen LogP contribution >= 0.6 is 0 Å². The molecule has 0 bridgehead atoms. The van der Waals surface area contributed by atoms with Crippen molar-refractivity contribution in [2.75, 3.05) is 13.1 Å². The van der Waals surface area contributed by atoms with Gasteiger partial charge in [-0.2, -0.15) is 0 Å². The Kier molecular flexibility index (Phi) is 5.19. The van der Waals surface area contributed by atoms with Gasteiger partial charge in [-0.25, -0.2) is 4.79 Å². The first-order valence-electron chi connectivity index (χ1n) is 7.35. The number of carbonyl (C=O) groups is 1. The molecule has 3 nitrogen and oxygen atoms in total. The van der Waals surface area contributed by atoms with E-state index in [1.165, 1.54) is 6.08 Å². The third-order valence-electron chi connectivity index (χ3n) is 4.89. The maximum Gasteiger partial charge on any atom is 0.330 e. The largest absolute Gasteiger partial charge is 0.459 e. The summed E-state index contributed by atoms with van der Waals surface area (Å²) in [6.07, 6.45) is 5.29. The van der Waals surface area contributed by atoms with Crippen molar-refractivity contribution in [2.24, 2.45) is 5.41 Å². The van der Waals surface area contributed by atoms with Crippen LogP contribution < -0.4 is 0 Å². The molecule has 0 aliphatic carbocycles. The monoisotopic (exact) mass is 267 g/mol. The first-order valence-corrected chi connectivity index (χ1v) is 7.35. The minimum atomic E-state index is -0.222. The Balaban J connectivity index is 2.86. The topological polar surface area (TPSA) is 29.5 Å². The Morgan fingerprint density at radius 2 is 2.00 bits per heavy atom. The van der Waals surface area contributed by atoms with E-state index in [0.717, 1.165) is 25.9 Å². The van der Waals surface area contributed by atoms with Crippen molar-refractivity contribution in [1.82, 2.24) is 4.90 Å². The fourth-order valence-corrected chi connectivity index (χ4v) is 2.90. The second-order valence-electron chi connectivity index (χ2n) is 6.48. The highest BCUT2D eigenvalue weighted by Gasteiger charge is 2.51. The molecule has 0 aromatic rings. The van der Waals surface area contributed by atoms with Gasteiger partial charge in [0.1, 0.15) is 6.10 Å². The molecule has 0 aromatic heterocycles. The quantitative estimate of drug-likeness (QED) is 0.577. The lowest BCUT2D eigenvalue weighted by atomic mass is 9.66. The predicted molar refractivity (Wildman–Crippen MR) is 79.0 cm³/mol. The van der Waals surface area contributed by atoms with E-state index in [1.807, 2.05) is 6.92 Å². The van der Waals surface area contributed by atoms with Crippen LogP contribution in [0.5, 0.6) is 0 Å². The zero-order chi connectivity index (χ0) is 14.7. The molecule has 0 amide bonds. The number of piperidine rings is 1. The van der Waals surface area contributed by atoms with Crippen LogP contribution in [0.15, 0.2) is 12.2 Å². The molecule has 1 unspecified atom stereocenters. The second kappa shape index (κ2) is 6.08. The van der Waals surface area contributed by atoms with Crippen LogP contribution in [0.1, 0.15) is 54.4 Å². The molecule has 110 valence electrons. The number of ether oxygens (including phenoxy) is 1. The van der Waals surface area contributed by atoms with Gasteiger partial charge in [0, 0.05) is 23.6 Å². The fourth-order valence-electron chi connectivity index (χ4n) is 2.90. The number of carbonyl (C=O) groups excluding carboxylic acids is 1. The van der Waals surface area contributed by atoms with Crippen LogP contribution in [0.4, 0.5) is 0 Å². The molecule has 1 fully saturated rings. The Morgan fingerprint density at radius 3 is 2.53 bits per heavy atom. The van der Waals surface area contributed by atoms with Gasteiger partial charge in [-0.3, -0.25) is 4.90 Å². The van der Waals surface area contributed by atoms with Crippen molar-refractivity contribution in [2.45, 2.75) is 66.0 Å². The Morgan fingerprint density at radius 1 is 1.37 bits per heavy atom. The molecule has 19 heavy (non-hydrogen) atoms. The highest BCUT2D eigenvalue weighted by molar-refractivity contribution is 5.82. The first kappa shape index (κ1) is 16.2. The third kappa shape index (κ3) is 3.19. The summed E-state index contributed by atoms with van der Waals surface area (Å²) in [7, 11) is 0. The van der Waals surface area contributed by atoms with E-state index in [-0.39, 0.29) is 23.0 Å². The molecule has 1 aliphatic rings.